The van der Waals surface area contributed by atoms with Gasteiger partial charge in [0.15, 0.2) is 8.07 Å². The third-order valence-corrected chi connectivity index (χ3v) is 18.7. The number of rotatable bonds is 1. The van der Waals surface area contributed by atoms with Crippen molar-refractivity contribution in [3.05, 3.63) is 222 Å². The van der Waals surface area contributed by atoms with Crippen LogP contribution >= 0.6 is 0 Å². The summed E-state index contributed by atoms with van der Waals surface area (Å²) in [6.45, 7) is 0. The van der Waals surface area contributed by atoms with Crippen molar-refractivity contribution in [1.82, 2.24) is 0 Å². The SMILES string of the molecule is c1ccc2c(c1)Oc1ccccc1C21c2ccccc2N(c2ccc3c(c2)[Si]2(c4ccccc4-c4ccccc42)c2ccccc2-3)c2cc3oc4ccccc4c3cc21. The van der Waals surface area contributed by atoms with Crippen molar-refractivity contribution >= 4 is 67.8 Å². The van der Waals surface area contributed by atoms with Gasteiger partial charge < -0.3 is 14.1 Å². The third-order valence-electron chi connectivity index (χ3n) is 13.7. The number of hydrogen-bond donors (Lipinski definition) is 0. The molecule has 0 fully saturated rings. The number of benzene rings is 9. The summed E-state index contributed by atoms with van der Waals surface area (Å²) in [6.07, 6.45) is 0. The van der Waals surface area contributed by atoms with Crippen LogP contribution in [0.15, 0.2) is 205 Å². The van der Waals surface area contributed by atoms with E-state index < -0.39 is 13.5 Å². The Kier molecular flexibility index (Phi) is 5.99. The van der Waals surface area contributed by atoms with Crippen LogP contribution < -0.4 is 30.4 Å². The van der Waals surface area contributed by atoms with Gasteiger partial charge >= 0.3 is 0 Å². The van der Waals surface area contributed by atoms with Gasteiger partial charge in [0.05, 0.1) is 16.8 Å². The van der Waals surface area contributed by atoms with Gasteiger partial charge in [0.1, 0.15) is 22.7 Å². The highest BCUT2D eigenvalue weighted by molar-refractivity contribution is 7.24. The molecule has 10 aromatic rings. The summed E-state index contributed by atoms with van der Waals surface area (Å²) in [5, 5.41) is 8.09. The Labute approximate surface area is 342 Å². The molecule has 3 nitrogen and oxygen atoms in total. The molecule has 9 aromatic carbocycles. The lowest BCUT2D eigenvalue weighted by molar-refractivity contribution is 0.434. The fourth-order valence-corrected chi connectivity index (χ4v) is 17.2. The standard InChI is InChI=1S/C55H33NO2Si/c1-9-23-47-35(15-1)40-32-44-46(33-50(40)57-47)56(45-22-8-5-19-41(45)55(44)42-20-6-10-24-48(42)58-49-25-11-7-21-43(49)55)34-29-30-39-38-18-4-14-28-53(38)59(54(39)31-34)51-26-12-2-16-36(51)37-17-3-13-27-52(37)59/h1-33H. The minimum absolute atomic E-state index is 0.674. The quantitative estimate of drug-likeness (QED) is 0.156. The molecule has 5 heterocycles. The summed E-state index contributed by atoms with van der Waals surface area (Å²) >= 11 is 0. The summed E-state index contributed by atoms with van der Waals surface area (Å²) in [4.78, 5) is 2.52. The van der Waals surface area contributed by atoms with Crippen LogP contribution in [0.4, 0.5) is 17.1 Å². The summed E-state index contributed by atoms with van der Waals surface area (Å²) in [7, 11) is -2.69. The summed E-state index contributed by atoms with van der Waals surface area (Å²) in [6, 6.07) is 74.2. The number of para-hydroxylation sites is 4. The first-order valence-corrected chi connectivity index (χ1v) is 22.4. The van der Waals surface area contributed by atoms with Gasteiger partial charge in [-0.15, -0.1) is 0 Å². The van der Waals surface area contributed by atoms with Crippen molar-refractivity contribution in [2.75, 3.05) is 4.90 Å². The van der Waals surface area contributed by atoms with E-state index in [1.807, 2.05) is 0 Å². The van der Waals surface area contributed by atoms with E-state index in [0.29, 0.717) is 0 Å². The first kappa shape index (κ1) is 31.7. The van der Waals surface area contributed by atoms with Crippen molar-refractivity contribution in [3.8, 4) is 33.8 Å². The Bertz CT molecular complexity index is 3360. The number of ether oxygens (including phenoxy) is 1. The highest BCUT2D eigenvalue weighted by atomic mass is 28.3. The van der Waals surface area contributed by atoms with Crippen molar-refractivity contribution in [2.24, 2.45) is 0 Å². The molecule has 0 radical (unpaired) electrons. The molecule has 4 aliphatic heterocycles. The van der Waals surface area contributed by atoms with Gasteiger partial charge in [0.2, 0.25) is 0 Å². The van der Waals surface area contributed by atoms with Gasteiger partial charge in [-0.1, -0.05) is 152 Å². The maximum atomic E-state index is 6.75. The maximum Gasteiger partial charge on any atom is 0.182 e. The van der Waals surface area contributed by atoms with Gasteiger partial charge in [0, 0.05) is 33.7 Å². The zero-order chi connectivity index (χ0) is 38.5. The van der Waals surface area contributed by atoms with Crippen LogP contribution in [0, 0.1) is 0 Å². The molecular weight excluding hydrogens is 735 g/mol. The van der Waals surface area contributed by atoms with Gasteiger partial charge in [-0.2, -0.15) is 0 Å². The lowest BCUT2D eigenvalue weighted by atomic mass is 9.61. The Morgan fingerprint density at radius 3 is 1.59 bits per heavy atom. The predicted molar refractivity (Wildman–Crippen MR) is 242 cm³/mol. The number of furan rings is 1. The lowest BCUT2D eigenvalue weighted by Gasteiger charge is -2.48. The Morgan fingerprint density at radius 2 is 0.915 bits per heavy atom. The number of fused-ring (bicyclic) bond motifs is 21. The average Bonchev–Trinajstić information content (AvgIpc) is 3.92. The zero-order valence-electron chi connectivity index (χ0n) is 31.8. The van der Waals surface area contributed by atoms with Gasteiger partial charge in [-0.25, -0.2) is 0 Å². The first-order chi connectivity index (χ1) is 29.3. The van der Waals surface area contributed by atoms with Gasteiger partial charge in [0.25, 0.3) is 0 Å². The van der Waals surface area contributed by atoms with E-state index in [9.17, 15) is 0 Å². The van der Waals surface area contributed by atoms with Crippen LogP contribution in [-0.4, -0.2) is 8.07 Å². The molecule has 274 valence electrons. The monoisotopic (exact) mass is 767 g/mol. The molecule has 0 N–H and O–H groups in total. The average molecular weight is 768 g/mol. The Balaban J connectivity index is 1.11. The van der Waals surface area contributed by atoms with Crippen molar-refractivity contribution in [3.63, 3.8) is 0 Å². The minimum Gasteiger partial charge on any atom is -0.457 e. The topological polar surface area (TPSA) is 25.6 Å². The summed E-state index contributed by atoms with van der Waals surface area (Å²) in [5.74, 6) is 1.75. The second-order valence-electron chi connectivity index (χ2n) is 16.3. The molecule has 0 aliphatic carbocycles. The zero-order valence-corrected chi connectivity index (χ0v) is 32.8. The number of nitrogens with zero attached hydrogens (tertiary/aromatic N) is 1. The third kappa shape index (κ3) is 3.75. The van der Waals surface area contributed by atoms with E-state index in [1.165, 1.54) is 54.1 Å². The lowest BCUT2D eigenvalue weighted by Crippen LogP contribution is -2.70. The molecule has 1 aromatic heterocycles. The highest BCUT2D eigenvalue weighted by Crippen LogP contribution is 2.63. The van der Waals surface area contributed by atoms with Crippen LogP contribution in [0.5, 0.6) is 11.5 Å². The molecule has 4 heteroatoms. The number of hydrogen-bond acceptors (Lipinski definition) is 3. The molecule has 0 bridgehead atoms. The molecule has 0 saturated carbocycles. The Hall–Kier alpha value is -7.40. The molecule has 0 amide bonds. The summed E-state index contributed by atoms with van der Waals surface area (Å²) < 4.78 is 13.5. The summed E-state index contributed by atoms with van der Waals surface area (Å²) in [5.41, 5.74) is 14.6. The minimum atomic E-state index is -2.69. The largest absolute Gasteiger partial charge is 0.457 e. The van der Waals surface area contributed by atoms with E-state index >= 15 is 0 Å². The molecular formula is C55H33NO2Si. The van der Waals surface area contributed by atoms with Crippen LogP contribution in [0.25, 0.3) is 44.2 Å². The van der Waals surface area contributed by atoms with E-state index in [2.05, 4.69) is 205 Å². The molecule has 2 spiro atoms. The molecule has 0 atom stereocenters. The van der Waals surface area contributed by atoms with E-state index in [-0.39, 0.29) is 0 Å². The van der Waals surface area contributed by atoms with E-state index in [1.54, 1.807) is 0 Å². The molecule has 0 saturated heterocycles. The van der Waals surface area contributed by atoms with Crippen LogP contribution in [-0.2, 0) is 5.41 Å². The highest BCUT2D eigenvalue weighted by Gasteiger charge is 2.55. The number of anilines is 3. The van der Waals surface area contributed by atoms with Crippen LogP contribution in [0.1, 0.15) is 22.3 Å². The predicted octanol–water partition coefficient (Wildman–Crippen LogP) is 11.2. The fourth-order valence-electron chi connectivity index (χ4n) is 11.6. The molecule has 14 rings (SSSR count). The van der Waals surface area contributed by atoms with E-state index in [0.717, 1.165) is 61.6 Å². The van der Waals surface area contributed by atoms with E-state index in [4.69, 9.17) is 9.15 Å². The fraction of sp³-hybridized carbons (Fsp3) is 0.0182. The molecule has 0 unspecified atom stereocenters. The van der Waals surface area contributed by atoms with Crippen LogP contribution in [0.2, 0.25) is 0 Å². The maximum absolute atomic E-state index is 6.75. The first-order valence-electron chi connectivity index (χ1n) is 20.4. The molecule has 59 heavy (non-hydrogen) atoms. The van der Waals surface area contributed by atoms with Crippen molar-refractivity contribution in [1.29, 1.82) is 0 Å². The van der Waals surface area contributed by atoms with Gasteiger partial charge in [-0.05, 0) is 96.6 Å². The smallest absolute Gasteiger partial charge is 0.182 e. The Morgan fingerprint density at radius 1 is 0.373 bits per heavy atom. The second-order valence-corrected chi connectivity index (χ2v) is 19.9. The van der Waals surface area contributed by atoms with Gasteiger partial charge in [-0.3, -0.25) is 0 Å². The normalized spacial score (nSPS) is 15.2. The van der Waals surface area contributed by atoms with Crippen molar-refractivity contribution < 1.29 is 9.15 Å². The molecule has 4 aliphatic rings. The van der Waals surface area contributed by atoms with Crippen molar-refractivity contribution in [2.45, 2.75) is 5.41 Å². The second kappa shape index (κ2) is 11.2. The van der Waals surface area contributed by atoms with Crippen LogP contribution in [0.3, 0.4) is 0 Å².